The molecule has 1 aliphatic heterocycles. The molecule has 2 aromatic carbocycles. The molecule has 0 bridgehead atoms. The maximum absolute atomic E-state index is 12.7. The summed E-state index contributed by atoms with van der Waals surface area (Å²) in [4.78, 5) is 12.6. The van der Waals surface area contributed by atoms with Crippen LogP contribution in [-0.4, -0.2) is 51.5 Å². The van der Waals surface area contributed by atoms with E-state index in [9.17, 15) is 13.2 Å². The number of carbonyl (C=O) groups is 1. The Hall–Kier alpha value is -2.42. The standard InChI is InChI=1S/C22H26N2O5S/c25-22(19-5-7-20(8-6-19)29-16-18-1-2-18)23-15-17-3-9-21(10-4-17)30(26,27)24-11-13-28-14-12-24/h3-10,18H,1-2,11-16H2,(H,23,25). The van der Waals surface area contributed by atoms with Gasteiger partial charge in [0, 0.05) is 25.2 Å². The van der Waals surface area contributed by atoms with E-state index >= 15 is 0 Å². The SMILES string of the molecule is O=C(NCc1ccc(S(=O)(=O)N2CCOCC2)cc1)c1ccc(OCC2CC2)cc1. The summed E-state index contributed by atoms with van der Waals surface area (Å²) in [5, 5.41) is 2.86. The lowest BCUT2D eigenvalue weighted by molar-refractivity contribution is 0.0730. The highest BCUT2D eigenvalue weighted by atomic mass is 32.2. The predicted molar refractivity (Wildman–Crippen MR) is 112 cm³/mol. The summed E-state index contributed by atoms with van der Waals surface area (Å²) in [6.07, 6.45) is 2.47. The van der Waals surface area contributed by atoms with Crippen molar-refractivity contribution in [2.75, 3.05) is 32.9 Å². The molecule has 7 nitrogen and oxygen atoms in total. The van der Waals surface area contributed by atoms with Crippen molar-refractivity contribution in [1.29, 1.82) is 0 Å². The number of hydrogen-bond donors (Lipinski definition) is 1. The lowest BCUT2D eigenvalue weighted by Gasteiger charge is -2.26. The molecule has 0 aromatic heterocycles. The number of ether oxygens (including phenoxy) is 2. The first kappa shape index (κ1) is 20.8. The van der Waals surface area contributed by atoms with Crippen molar-refractivity contribution in [2.24, 2.45) is 5.92 Å². The van der Waals surface area contributed by atoms with Crippen LogP contribution in [-0.2, 0) is 21.3 Å². The Kier molecular flexibility index (Phi) is 6.36. The molecule has 2 fully saturated rings. The average Bonchev–Trinajstić information content (AvgIpc) is 3.62. The number of rotatable bonds is 8. The molecule has 0 radical (unpaired) electrons. The second-order valence-corrected chi connectivity index (χ2v) is 9.56. The third-order valence-corrected chi connectivity index (χ3v) is 7.20. The third kappa shape index (κ3) is 5.19. The Labute approximate surface area is 177 Å². The van der Waals surface area contributed by atoms with Crippen molar-refractivity contribution in [3.63, 3.8) is 0 Å². The number of benzene rings is 2. The van der Waals surface area contributed by atoms with Crippen molar-refractivity contribution in [3.05, 3.63) is 59.7 Å². The van der Waals surface area contributed by atoms with Gasteiger partial charge in [0.15, 0.2) is 0 Å². The minimum absolute atomic E-state index is 0.186. The summed E-state index contributed by atoms with van der Waals surface area (Å²) in [7, 11) is -3.51. The van der Waals surface area contributed by atoms with Crippen LogP contribution in [0.1, 0.15) is 28.8 Å². The van der Waals surface area contributed by atoms with Gasteiger partial charge in [-0.2, -0.15) is 4.31 Å². The Morgan fingerprint density at radius 2 is 1.70 bits per heavy atom. The zero-order valence-electron chi connectivity index (χ0n) is 16.7. The van der Waals surface area contributed by atoms with E-state index in [1.54, 1.807) is 36.4 Å². The molecular formula is C22H26N2O5S. The van der Waals surface area contributed by atoms with Crippen molar-refractivity contribution in [1.82, 2.24) is 9.62 Å². The van der Waals surface area contributed by atoms with Crippen LogP contribution in [0.25, 0.3) is 0 Å². The largest absolute Gasteiger partial charge is 0.493 e. The molecular weight excluding hydrogens is 404 g/mol. The first-order valence-corrected chi connectivity index (χ1v) is 11.6. The molecule has 1 saturated heterocycles. The van der Waals surface area contributed by atoms with Crippen LogP contribution in [0.3, 0.4) is 0 Å². The molecule has 0 spiro atoms. The second-order valence-electron chi connectivity index (χ2n) is 7.62. The average molecular weight is 431 g/mol. The van der Waals surface area contributed by atoms with Crippen LogP contribution in [0.15, 0.2) is 53.4 Å². The molecule has 2 aliphatic rings. The number of hydrogen-bond acceptors (Lipinski definition) is 5. The molecule has 0 unspecified atom stereocenters. The topological polar surface area (TPSA) is 84.9 Å². The van der Waals surface area contributed by atoms with Gasteiger partial charge in [-0.15, -0.1) is 0 Å². The van der Waals surface area contributed by atoms with Gasteiger partial charge in [0.05, 0.1) is 24.7 Å². The van der Waals surface area contributed by atoms with E-state index in [0.29, 0.717) is 44.3 Å². The molecule has 8 heteroatoms. The maximum Gasteiger partial charge on any atom is 0.251 e. The summed E-state index contributed by atoms with van der Waals surface area (Å²) in [6.45, 7) is 2.61. The predicted octanol–water partition coefficient (Wildman–Crippen LogP) is 2.43. The van der Waals surface area contributed by atoms with E-state index < -0.39 is 10.0 Å². The highest BCUT2D eigenvalue weighted by molar-refractivity contribution is 7.89. The van der Waals surface area contributed by atoms with E-state index in [1.807, 2.05) is 12.1 Å². The summed E-state index contributed by atoms with van der Waals surface area (Å²) in [6, 6.07) is 13.7. The molecule has 1 N–H and O–H groups in total. The normalized spacial score (nSPS) is 17.5. The molecule has 160 valence electrons. The van der Waals surface area contributed by atoms with Crippen molar-refractivity contribution in [3.8, 4) is 5.75 Å². The fraction of sp³-hybridized carbons (Fsp3) is 0.409. The fourth-order valence-electron chi connectivity index (χ4n) is 3.20. The highest BCUT2D eigenvalue weighted by Gasteiger charge is 2.26. The lowest BCUT2D eigenvalue weighted by Crippen LogP contribution is -2.40. The number of nitrogens with one attached hydrogen (secondary N) is 1. The summed E-state index contributed by atoms with van der Waals surface area (Å²) >= 11 is 0. The third-order valence-electron chi connectivity index (χ3n) is 5.28. The van der Waals surface area contributed by atoms with Crippen LogP contribution < -0.4 is 10.1 Å². The van der Waals surface area contributed by atoms with Gasteiger partial charge in [0.2, 0.25) is 10.0 Å². The minimum Gasteiger partial charge on any atom is -0.493 e. The summed E-state index contributed by atoms with van der Waals surface area (Å²) < 4.78 is 37.6. The molecule has 1 aliphatic carbocycles. The van der Waals surface area contributed by atoms with Crippen LogP contribution in [0, 0.1) is 5.92 Å². The molecule has 2 aromatic rings. The van der Waals surface area contributed by atoms with Crippen molar-refractivity contribution >= 4 is 15.9 Å². The van der Waals surface area contributed by atoms with Crippen LogP contribution in [0.5, 0.6) is 5.75 Å². The van der Waals surface area contributed by atoms with Gasteiger partial charge in [-0.3, -0.25) is 4.79 Å². The Morgan fingerprint density at radius 3 is 2.33 bits per heavy atom. The van der Waals surface area contributed by atoms with Gasteiger partial charge >= 0.3 is 0 Å². The minimum atomic E-state index is -3.51. The van der Waals surface area contributed by atoms with Gasteiger partial charge in [0.25, 0.3) is 5.91 Å². The lowest BCUT2D eigenvalue weighted by atomic mass is 10.2. The molecule has 1 saturated carbocycles. The van der Waals surface area contributed by atoms with Crippen LogP contribution in [0.2, 0.25) is 0 Å². The number of carbonyl (C=O) groups excluding carboxylic acids is 1. The maximum atomic E-state index is 12.7. The summed E-state index contributed by atoms with van der Waals surface area (Å²) in [5.41, 5.74) is 1.38. The van der Waals surface area contributed by atoms with Crippen LogP contribution >= 0.6 is 0 Å². The second kappa shape index (κ2) is 9.16. The number of nitrogens with zero attached hydrogens (tertiary/aromatic N) is 1. The first-order valence-electron chi connectivity index (χ1n) is 10.2. The van der Waals surface area contributed by atoms with Gasteiger partial charge in [-0.05, 0) is 60.7 Å². The smallest absolute Gasteiger partial charge is 0.251 e. The Bertz CT molecular complexity index is 964. The first-order chi connectivity index (χ1) is 14.5. The number of amides is 1. The Balaban J connectivity index is 1.30. The van der Waals surface area contributed by atoms with Gasteiger partial charge in [-0.1, -0.05) is 12.1 Å². The van der Waals surface area contributed by atoms with E-state index in [4.69, 9.17) is 9.47 Å². The van der Waals surface area contributed by atoms with E-state index in [1.165, 1.54) is 17.1 Å². The quantitative estimate of drug-likeness (QED) is 0.695. The van der Waals surface area contributed by atoms with E-state index in [2.05, 4.69) is 5.32 Å². The monoisotopic (exact) mass is 430 g/mol. The zero-order valence-corrected chi connectivity index (χ0v) is 17.6. The van der Waals surface area contributed by atoms with Crippen molar-refractivity contribution < 1.29 is 22.7 Å². The molecule has 1 heterocycles. The Morgan fingerprint density at radius 1 is 1.03 bits per heavy atom. The molecule has 0 atom stereocenters. The summed E-state index contributed by atoms with van der Waals surface area (Å²) in [5.74, 6) is 1.27. The molecule has 30 heavy (non-hydrogen) atoms. The number of morpholine rings is 1. The molecule has 1 amide bonds. The van der Waals surface area contributed by atoms with Gasteiger partial charge in [0.1, 0.15) is 5.75 Å². The van der Waals surface area contributed by atoms with Crippen LogP contribution in [0.4, 0.5) is 0 Å². The number of sulfonamides is 1. The highest BCUT2D eigenvalue weighted by Crippen LogP contribution is 2.29. The van der Waals surface area contributed by atoms with Gasteiger partial charge < -0.3 is 14.8 Å². The van der Waals surface area contributed by atoms with E-state index in [-0.39, 0.29) is 10.8 Å². The zero-order chi connectivity index (χ0) is 21.0. The fourth-order valence-corrected chi connectivity index (χ4v) is 4.61. The van der Waals surface area contributed by atoms with E-state index in [0.717, 1.165) is 17.9 Å². The van der Waals surface area contributed by atoms with Crippen molar-refractivity contribution in [2.45, 2.75) is 24.3 Å². The molecule has 4 rings (SSSR count). The van der Waals surface area contributed by atoms with Gasteiger partial charge in [-0.25, -0.2) is 8.42 Å².